The number of carbonyl (C=O) groups is 2. The molecule has 0 aliphatic carbocycles. The van der Waals surface area contributed by atoms with E-state index in [2.05, 4.69) is 10.0 Å². The third-order valence-electron chi connectivity index (χ3n) is 3.06. The summed E-state index contributed by atoms with van der Waals surface area (Å²) < 4.78 is 26.7. The molecule has 0 bridgehead atoms. The fourth-order valence-corrected chi connectivity index (χ4v) is 3.43. The van der Waals surface area contributed by atoms with Crippen LogP contribution in [0.25, 0.3) is 0 Å². The van der Waals surface area contributed by atoms with Gasteiger partial charge in [-0.3, -0.25) is 4.79 Å². The van der Waals surface area contributed by atoms with Crippen molar-refractivity contribution >= 4 is 33.5 Å². The Morgan fingerprint density at radius 2 is 2.14 bits per heavy atom. The summed E-state index contributed by atoms with van der Waals surface area (Å²) in [4.78, 5) is 22.3. The Bertz CT molecular complexity index is 689. The van der Waals surface area contributed by atoms with E-state index in [9.17, 15) is 18.0 Å². The molecular weight excluding hydrogens is 320 g/mol. The van der Waals surface area contributed by atoms with Gasteiger partial charge in [-0.1, -0.05) is 11.6 Å². The molecule has 1 aliphatic rings. The normalized spacial score (nSPS) is 19.1. The average molecular weight is 333 g/mol. The Labute approximate surface area is 126 Å². The quantitative estimate of drug-likeness (QED) is 0.747. The van der Waals surface area contributed by atoms with Gasteiger partial charge in [0.2, 0.25) is 15.9 Å². The van der Waals surface area contributed by atoms with Gasteiger partial charge >= 0.3 is 5.97 Å². The van der Waals surface area contributed by atoms with Crippen molar-refractivity contribution in [3.05, 3.63) is 28.8 Å². The third kappa shape index (κ3) is 3.52. The first-order valence-corrected chi connectivity index (χ1v) is 8.00. The minimum atomic E-state index is -4.00. The van der Waals surface area contributed by atoms with Crippen LogP contribution in [0.3, 0.4) is 0 Å². The van der Waals surface area contributed by atoms with E-state index in [1.54, 1.807) is 0 Å². The molecule has 1 atom stereocenters. The van der Waals surface area contributed by atoms with Crippen molar-refractivity contribution in [3.8, 4) is 0 Å². The summed E-state index contributed by atoms with van der Waals surface area (Å²) in [6, 6.07) is 2.50. The molecule has 114 valence electrons. The van der Waals surface area contributed by atoms with Gasteiger partial charge in [-0.25, -0.2) is 13.2 Å². The highest BCUT2D eigenvalue weighted by Gasteiger charge is 2.28. The van der Waals surface area contributed by atoms with Gasteiger partial charge in [0.05, 0.1) is 15.5 Å². The van der Waals surface area contributed by atoms with Crippen LogP contribution in [-0.4, -0.2) is 38.0 Å². The summed E-state index contributed by atoms with van der Waals surface area (Å²) in [6.45, 7) is 0.515. The predicted octanol–water partition coefficient (Wildman–Crippen LogP) is 0.595. The highest BCUT2D eigenvalue weighted by molar-refractivity contribution is 7.89. The van der Waals surface area contributed by atoms with Gasteiger partial charge in [-0.05, 0) is 31.0 Å². The zero-order valence-electron chi connectivity index (χ0n) is 10.8. The molecule has 21 heavy (non-hydrogen) atoms. The van der Waals surface area contributed by atoms with Gasteiger partial charge < -0.3 is 10.4 Å². The molecule has 1 heterocycles. The van der Waals surface area contributed by atoms with Gasteiger partial charge in [-0.15, -0.1) is 0 Å². The van der Waals surface area contributed by atoms with E-state index in [0.717, 1.165) is 6.07 Å². The van der Waals surface area contributed by atoms with E-state index in [-0.39, 0.29) is 15.5 Å². The van der Waals surface area contributed by atoms with E-state index in [0.29, 0.717) is 19.4 Å². The number of aromatic carboxylic acids is 1. The number of piperidine rings is 1. The number of sulfonamides is 1. The van der Waals surface area contributed by atoms with Gasteiger partial charge in [-0.2, -0.15) is 4.72 Å². The number of halogens is 1. The average Bonchev–Trinajstić information content (AvgIpc) is 2.41. The van der Waals surface area contributed by atoms with Crippen molar-refractivity contribution in [2.24, 2.45) is 0 Å². The van der Waals surface area contributed by atoms with Crippen molar-refractivity contribution in [2.75, 3.05) is 6.54 Å². The van der Waals surface area contributed by atoms with E-state index in [1.165, 1.54) is 12.1 Å². The second-order valence-corrected chi connectivity index (χ2v) is 6.68. The number of benzene rings is 1. The SMILES string of the molecule is O=C(O)c1cc(S(=O)(=O)NC2CCCNC2=O)ccc1Cl. The van der Waals surface area contributed by atoms with E-state index < -0.39 is 27.9 Å². The summed E-state index contributed by atoms with van der Waals surface area (Å²) in [5, 5.41) is 11.5. The van der Waals surface area contributed by atoms with Crippen molar-refractivity contribution in [3.63, 3.8) is 0 Å². The molecule has 1 unspecified atom stereocenters. The standard InChI is InChI=1S/C12H13ClN2O5S/c13-9-4-3-7(6-8(9)12(17)18)21(19,20)15-10-2-1-5-14-11(10)16/h3-4,6,10,15H,1-2,5H2,(H,14,16)(H,17,18). The summed E-state index contributed by atoms with van der Waals surface area (Å²) in [5.74, 6) is -1.72. The highest BCUT2D eigenvalue weighted by atomic mass is 35.5. The molecule has 3 N–H and O–H groups in total. The predicted molar refractivity (Wildman–Crippen MR) is 74.8 cm³/mol. The molecule has 1 fully saturated rings. The number of carboxylic acid groups (broad SMARTS) is 1. The van der Waals surface area contributed by atoms with Crippen molar-refractivity contribution in [1.82, 2.24) is 10.0 Å². The second-order valence-electron chi connectivity index (χ2n) is 4.55. The molecule has 1 aliphatic heterocycles. The number of amides is 1. The van der Waals surface area contributed by atoms with Crippen molar-refractivity contribution in [1.29, 1.82) is 0 Å². The number of carbonyl (C=O) groups excluding carboxylic acids is 1. The molecule has 1 amide bonds. The Morgan fingerprint density at radius 1 is 1.43 bits per heavy atom. The Morgan fingerprint density at radius 3 is 2.76 bits per heavy atom. The molecule has 0 aromatic heterocycles. The molecule has 1 saturated heterocycles. The fourth-order valence-electron chi connectivity index (χ4n) is 1.98. The largest absolute Gasteiger partial charge is 0.478 e. The number of nitrogens with one attached hydrogen (secondary N) is 2. The molecule has 1 aromatic carbocycles. The summed E-state index contributed by atoms with van der Waals surface area (Å²) in [5.41, 5.74) is -0.312. The molecular formula is C12H13ClN2O5S. The van der Waals surface area contributed by atoms with Gasteiger partial charge in [0.1, 0.15) is 6.04 Å². The van der Waals surface area contributed by atoms with Crippen LogP contribution in [0.2, 0.25) is 5.02 Å². The lowest BCUT2D eigenvalue weighted by atomic mass is 10.1. The third-order valence-corrected chi connectivity index (χ3v) is 4.86. The van der Waals surface area contributed by atoms with E-state index >= 15 is 0 Å². The monoisotopic (exact) mass is 332 g/mol. The van der Waals surface area contributed by atoms with Crippen LogP contribution in [0.1, 0.15) is 23.2 Å². The smallest absolute Gasteiger partial charge is 0.337 e. The van der Waals surface area contributed by atoms with E-state index in [4.69, 9.17) is 16.7 Å². The number of hydrogen-bond donors (Lipinski definition) is 3. The Kier molecular flexibility index (Phi) is 4.50. The van der Waals surface area contributed by atoms with Crippen LogP contribution >= 0.6 is 11.6 Å². The van der Waals surface area contributed by atoms with E-state index in [1.807, 2.05) is 0 Å². The minimum absolute atomic E-state index is 0.0585. The Hall–Kier alpha value is -1.64. The summed E-state index contributed by atoms with van der Waals surface area (Å²) in [7, 11) is -4.00. The fraction of sp³-hybridized carbons (Fsp3) is 0.333. The lowest BCUT2D eigenvalue weighted by Gasteiger charge is -2.22. The van der Waals surface area contributed by atoms with Crippen LogP contribution in [0, 0.1) is 0 Å². The maximum Gasteiger partial charge on any atom is 0.337 e. The molecule has 1 aromatic rings. The van der Waals surface area contributed by atoms with Crippen LogP contribution in [0.4, 0.5) is 0 Å². The summed E-state index contributed by atoms with van der Waals surface area (Å²) >= 11 is 5.70. The van der Waals surface area contributed by atoms with Crippen molar-refractivity contribution in [2.45, 2.75) is 23.8 Å². The molecule has 0 radical (unpaired) electrons. The Balaban J connectivity index is 2.29. The topological polar surface area (TPSA) is 113 Å². The first-order chi connectivity index (χ1) is 9.81. The molecule has 7 nitrogen and oxygen atoms in total. The van der Waals surface area contributed by atoms with Gasteiger partial charge in [0.15, 0.2) is 0 Å². The first-order valence-electron chi connectivity index (χ1n) is 6.14. The van der Waals surface area contributed by atoms with Crippen LogP contribution in [0.5, 0.6) is 0 Å². The lowest BCUT2D eigenvalue weighted by molar-refractivity contribution is -0.124. The van der Waals surface area contributed by atoms with Crippen LogP contribution in [0.15, 0.2) is 23.1 Å². The zero-order valence-corrected chi connectivity index (χ0v) is 12.4. The molecule has 9 heteroatoms. The number of hydrogen-bond acceptors (Lipinski definition) is 4. The molecule has 0 spiro atoms. The minimum Gasteiger partial charge on any atom is -0.478 e. The lowest BCUT2D eigenvalue weighted by Crippen LogP contribution is -2.50. The second kappa shape index (κ2) is 6.00. The van der Waals surface area contributed by atoms with Crippen LogP contribution < -0.4 is 10.0 Å². The highest BCUT2D eigenvalue weighted by Crippen LogP contribution is 2.21. The maximum absolute atomic E-state index is 12.2. The maximum atomic E-state index is 12.2. The number of rotatable bonds is 4. The number of carboxylic acids is 1. The molecule has 0 saturated carbocycles. The summed E-state index contributed by atoms with van der Waals surface area (Å²) in [6.07, 6.45) is 1.06. The molecule has 2 rings (SSSR count). The van der Waals surface area contributed by atoms with Crippen molar-refractivity contribution < 1.29 is 23.1 Å². The van der Waals surface area contributed by atoms with Crippen LogP contribution in [-0.2, 0) is 14.8 Å². The first kappa shape index (κ1) is 15.7. The zero-order chi connectivity index (χ0) is 15.6. The van der Waals surface area contributed by atoms with Gasteiger partial charge in [0, 0.05) is 6.54 Å². The van der Waals surface area contributed by atoms with Gasteiger partial charge in [0.25, 0.3) is 0 Å².